The zero-order valence-electron chi connectivity index (χ0n) is 22.2. The summed E-state index contributed by atoms with van der Waals surface area (Å²) in [7, 11) is 1.62. The van der Waals surface area contributed by atoms with Gasteiger partial charge in [-0.2, -0.15) is 0 Å². The second kappa shape index (κ2) is 11.3. The summed E-state index contributed by atoms with van der Waals surface area (Å²) in [5.41, 5.74) is 0.406. The topological polar surface area (TPSA) is 82.2 Å². The lowest BCUT2D eigenvalue weighted by Gasteiger charge is -2.48. The lowest BCUT2D eigenvalue weighted by Crippen LogP contribution is -2.61. The highest BCUT2D eigenvalue weighted by Gasteiger charge is 2.62. The maximum Gasteiger partial charge on any atom is 0.327 e. The van der Waals surface area contributed by atoms with Gasteiger partial charge in [0.2, 0.25) is 5.91 Å². The minimum absolute atomic E-state index is 0. The highest BCUT2D eigenvalue weighted by molar-refractivity contribution is 6.07. The fraction of sp³-hybridized carbons (Fsp3) is 0.679. The van der Waals surface area contributed by atoms with E-state index in [0.717, 1.165) is 50.8 Å². The van der Waals surface area contributed by atoms with Crippen molar-refractivity contribution >= 4 is 30.3 Å². The molecular weight excluding hydrogens is 492 g/mol. The van der Waals surface area contributed by atoms with Crippen molar-refractivity contribution in [2.45, 2.75) is 88.5 Å². The van der Waals surface area contributed by atoms with Gasteiger partial charge in [0.05, 0.1) is 18.6 Å². The van der Waals surface area contributed by atoms with Gasteiger partial charge in [0.15, 0.2) is 0 Å². The van der Waals surface area contributed by atoms with Gasteiger partial charge >= 0.3 is 6.03 Å². The quantitative estimate of drug-likeness (QED) is 0.541. The standard InChI is InChI=1S/C28H40N4O4.ClH/c1-19(2)32-27(35)30(3)26(34)28(32)16-22-11-12-23(17-28)31(22)14-13-24(20-8-5-4-6-9-20)29-25(33)21-10-7-15-36-18-21;/h4-6,8-9,19,21-24H,7,10-18H2,1-3H3,(H,29,33);1H/t21?,22?,23?,24-,28?;/m0./s1. The van der Waals surface area contributed by atoms with Crippen LogP contribution in [-0.2, 0) is 14.3 Å². The monoisotopic (exact) mass is 532 g/mol. The van der Waals surface area contributed by atoms with E-state index in [0.29, 0.717) is 19.4 Å². The van der Waals surface area contributed by atoms with Crippen molar-refractivity contribution in [2.24, 2.45) is 5.92 Å². The first-order valence-corrected chi connectivity index (χ1v) is 13.6. The Bertz CT molecular complexity index is 970. The Morgan fingerprint density at radius 3 is 2.38 bits per heavy atom. The molecule has 1 aromatic rings. The number of imide groups is 1. The molecule has 3 unspecified atom stereocenters. The zero-order valence-corrected chi connectivity index (χ0v) is 23.0. The molecule has 204 valence electrons. The normalized spacial score (nSPS) is 30.6. The number of carbonyl (C=O) groups excluding carboxylic acids is 3. The van der Waals surface area contributed by atoms with Gasteiger partial charge in [0.25, 0.3) is 5.91 Å². The molecule has 9 heteroatoms. The van der Waals surface area contributed by atoms with E-state index in [-0.39, 0.29) is 60.3 Å². The summed E-state index contributed by atoms with van der Waals surface area (Å²) in [6.07, 6.45) is 6.09. The van der Waals surface area contributed by atoms with Crippen LogP contribution in [0, 0.1) is 5.92 Å². The number of ether oxygens (including phenoxy) is 1. The molecule has 4 amide bonds. The van der Waals surface area contributed by atoms with Crippen LogP contribution in [0.4, 0.5) is 4.79 Å². The van der Waals surface area contributed by atoms with Crippen LogP contribution in [0.5, 0.6) is 0 Å². The summed E-state index contributed by atoms with van der Waals surface area (Å²) >= 11 is 0. The van der Waals surface area contributed by atoms with Crippen LogP contribution < -0.4 is 5.32 Å². The number of benzene rings is 1. The van der Waals surface area contributed by atoms with E-state index in [1.54, 1.807) is 7.05 Å². The first kappa shape index (κ1) is 27.9. The number of hydrogen-bond donors (Lipinski definition) is 1. The Labute approximate surface area is 226 Å². The molecule has 0 saturated carbocycles. The third kappa shape index (κ3) is 5.12. The number of piperidine rings is 1. The van der Waals surface area contributed by atoms with Gasteiger partial charge in [-0.1, -0.05) is 30.3 Å². The number of likely N-dealkylation sites (N-methyl/N-ethyl adjacent to an activating group) is 1. The predicted octanol–water partition coefficient (Wildman–Crippen LogP) is 3.75. The van der Waals surface area contributed by atoms with Crippen LogP contribution in [0.15, 0.2) is 30.3 Å². The van der Waals surface area contributed by atoms with Crippen LogP contribution in [0.2, 0.25) is 0 Å². The molecule has 5 rings (SSSR count). The van der Waals surface area contributed by atoms with Crippen molar-refractivity contribution in [3.63, 3.8) is 0 Å². The fourth-order valence-corrected chi connectivity index (χ4v) is 7.14. The number of nitrogens with zero attached hydrogens (tertiary/aromatic N) is 3. The SMILES string of the molecule is CC(C)N1C(=O)N(C)C(=O)C12CC1CCC(C2)N1CC[C@H](NC(=O)C1CCCOC1)c1ccccc1.Cl. The number of urea groups is 1. The van der Waals surface area contributed by atoms with E-state index in [4.69, 9.17) is 4.74 Å². The third-order valence-electron chi connectivity index (χ3n) is 8.82. The second-order valence-corrected chi connectivity index (χ2v) is 11.3. The summed E-state index contributed by atoms with van der Waals surface area (Å²) in [6.45, 7) is 6.10. The number of hydrogen-bond acceptors (Lipinski definition) is 5. The molecule has 2 bridgehead atoms. The van der Waals surface area contributed by atoms with Crippen molar-refractivity contribution in [2.75, 3.05) is 26.8 Å². The van der Waals surface area contributed by atoms with Gasteiger partial charge in [0.1, 0.15) is 5.54 Å². The minimum Gasteiger partial charge on any atom is -0.381 e. The summed E-state index contributed by atoms with van der Waals surface area (Å²) in [6, 6.07) is 10.5. The number of fused-ring (bicyclic) bond motifs is 2. The lowest BCUT2D eigenvalue weighted by atomic mass is 9.80. The molecule has 4 heterocycles. The Morgan fingerprint density at radius 2 is 1.78 bits per heavy atom. The van der Waals surface area contributed by atoms with Gasteiger partial charge < -0.3 is 15.0 Å². The van der Waals surface area contributed by atoms with Crippen LogP contribution in [0.25, 0.3) is 0 Å². The molecule has 4 aliphatic rings. The van der Waals surface area contributed by atoms with E-state index in [9.17, 15) is 14.4 Å². The van der Waals surface area contributed by atoms with E-state index in [1.807, 2.05) is 36.9 Å². The molecule has 1 N–H and O–H groups in total. The highest BCUT2D eigenvalue weighted by atomic mass is 35.5. The van der Waals surface area contributed by atoms with E-state index < -0.39 is 5.54 Å². The molecule has 0 aromatic heterocycles. The Kier molecular flexibility index (Phi) is 8.51. The van der Waals surface area contributed by atoms with Crippen molar-refractivity contribution in [1.29, 1.82) is 0 Å². The molecular formula is C28H41ClN4O4. The number of nitrogens with one attached hydrogen (secondary N) is 1. The van der Waals surface area contributed by atoms with Crippen molar-refractivity contribution < 1.29 is 19.1 Å². The predicted molar refractivity (Wildman–Crippen MR) is 143 cm³/mol. The molecule has 37 heavy (non-hydrogen) atoms. The molecule has 4 atom stereocenters. The van der Waals surface area contributed by atoms with E-state index in [2.05, 4.69) is 22.3 Å². The smallest absolute Gasteiger partial charge is 0.327 e. The number of carbonyl (C=O) groups is 3. The summed E-state index contributed by atoms with van der Waals surface area (Å²) < 4.78 is 5.55. The minimum atomic E-state index is -0.712. The average molecular weight is 533 g/mol. The van der Waals surface area contributed by atoms with Crippen LogP contribution in [0.1, 0.15) is 70.4 Å². The average Bonchev–Trinajstić information content (AvgIpc) is 3.23. The Morgan fingerprint density at radius 1 is 1.11 bits per heavy atom. The fourth-order valence-electron chi connectivity index (χ4n) is 7.14. The Balaban J connectivity index is 0.00000320. The molecule has 1 spiro atoms. The molecule has 4 fully saturated rings. The first-order chi connectivity index (χ1) is 17.3. The molecule has 4 saturated heterocycles. The summed E-state index contributed by atoms with van der Waals surface area (Å²) in [5, 5.41) is 3.32. The number of halogens is 1. The molecule has 8 nitrogen and oxygen atoms in total. The van der Waals surface area contributed by atoms with Crippen LogP contribution in [0.3, 0.4) is 0 Å². The molecule has 1 aromatic carbocycles. The van der Waals surface area contributed by atoms with Crippen LogP contribution in [-0.4, -0.2) is 83.0 Å². The summed E-state index contributed by atoms with van der Waals surface area (Å²) in [5.74, 6) is -0.0439. The van der Waals surface area contributed by atoms with Crippen molar-refractivity contribution in [3.8, 4) is 0 Å². The zero-order chi connectivity index (χ0) is 25.4. The van der Waals surface area contributed by atoms with Crippen molar-refractivity contribution in [3.05, 3.63) is 35.9 Å². The van der Waals surface area contributed by atoms with Gasteiger partial charge in [0, 0.05) is 38.3 Å². The van der Waals surface area contributed by atoms with Gasteiger partial charge in [-0.15, -0.1) is 12.4 Å². The highest BCUT2D eigenvalue weighted by Crippen LogP contribution is 2.48. The van der Waals surface area contributed by atoms with Gasteiger partial charge in [-0.25, -0.2) is 4.79 Å². The molecule has 4 aliphatic heterocycles. The lowest BCUT2D eigenvalue weighted by molar-refractivity contribution is -0.137. The first-order valence-electron chi connectivity index (χ1n) is 13.6. The maximum absolute atomic E-state index is 13.3. The molecule has 0 radical (unpaired) electrons. The number of rotatable bonds is 7. The van der Waals surface area contributed by atoms with Gasteiger partial charge in [-0.05, 0) is 64.4 Å². The van der Waals surface area contributed by atoms with E-state index in [1.165, 1.54) is 4.90 Å². The van der Waals surface area contributed by atoms with Crippen molar-refractivity contribution in [1.82, 2.24) is 20.0 Å². The number of amides is 4. The largest absolute Gasteiger partial charge is 0.381 e. The Hall–Kier alpha value is -2.16. The molecule has 0 aliphatic carbocycles. The van der Waals surface area contributed by atoms with Gasteiger partial charge in [-0.3, -0.25) is 19.4 Å². The summed E-state index contributed by atoms with van der Waals surface area (Å²) in [4.78, 5) is 45.0. The third-order valence-corrected chi connectivity index (χ3v) is 8.82. The maximum atomic E-state index is 13.3. The second-order valence-electron chi connectivity index (χ2n) is 11.3. The van der Waals surface area contributed by atoms with E-state index >= 15 is 0 Å². The van der Waals surface area contributed by atoms with Crippen LogP contribution >= 0.6 is 12.4 Å².